The van der Waals surface area contributed by atoms with E-state index in [2.05, 4.69) is 23.0 Å². The molecule has 210 valence electrons. The minimum Gasteiger partial charge on any atom is -0.490 e. The maximum atomic E-state index is 13.9. The molecule has 0 saturated carbocycles. The number of aryl methyl sites for hydroxylation is 2. The van der Waals surface area contributed by atoms with Gasteiger partial charge in [0, 0.05) is 18.4 Å². The summed E-state index contributed by atoms with van der Waals surface area (Å²) in [4.78, 5) is 38.3. The fourth-order valence-electron chi connectivity index (χ4n) is 4.61. The van der Waals surface area contributed by atoms with Gasteiger partial charge in [0.15, 0.2) is 5.75 Å². The first kappa shape index (κ1) is 29.2. The SMILES string of the molecule is CCCCc1nc(C)n(-c2ncc(OCCCCC(N)=O)cn2)c(=O)c1Cc1ccc(-c2ccccc2C#N)cc1. The fourth-order valence-corrected chi connectivity index (χ4v) is 4.61. The van der Waals surface area contributed by atoms with E-state index in [1.54, 1.807) is 13.0 Å². The number of hydrogen-bond donors (Lipinski definition) is 1. The van der Waals surface area contributed by atoms with Crippen molar-refractivity contribution in [2.45, 2.75) is 58.8 Å². The number of rotatable bonds is 13. The molecule has 2 heterocycles. The van der Waals surface area contributed by atoms with Crippen LogP contribution in [0.2, 0.25) is 0 Å². The normalized spacial score (nSPS) is 10.8. The van der Waals surface area contributed by atoms with Gasteiger partial charge in [-0.15, -0.1) is 0 Å². The van der Waals surface area contributed by atoms with Crippen molar-refractivity contribution < 1.29 is 9.53 Å². The average molecular weight is 551 g/mol. The van der Waals surface area contributed by atoms with E-state index in [9.17, 15) is 14.9 Å². The number of primary amides is 1. The lowest BCUT2D eigenvalue weighted by molar-refractivity contribution is -0.118. The highest BCUT2D eigenvalue weighted by atomic mass is 16.5. The minimum atomic E-state index is -0.328. The number of nitriles is 1. The molecule has 9 heteroatoms. The summed E-state index contributed by atoms with van der Waals surface area (Å²) in [6.45, 7) is 4.31. The van der Waals surface area contributed by atoms with Crippen molar-refractivity contribution in [3.8, 4) is 28.9 Å². The molecule has 0 aliphatic heterocycles. The van der Waals surface area contributed by atoms with Gasteiger partial charge in [0.25, 0.3) is 5.56 Å². The summed E-state index contributed by atoms with van der Waals surface area (Å²) >= 11 is 0. The third-order valence-electron chi connectivity index (χ3n) is 6.79. The quantitative estimate of drug-likeness (QED) is 0.235. The van der Waals surface area contributed by atoms with Crippen LogP contribution in [0.3, 0.4) is 0 Å². The van der Waals surface area contributed by atoms with E-state index in [0.29, 0.717) is 61.4 Å². The van der Waals surface area contributed by atoms with Crippen LogP contribution in [-0.4, -0.2) is 32.0 Å². The van der Waals surface area contributed by atoms with E-state index in [-0.39, 0.29) is 17.4 Å². The van der Waals surface area contributed by atoms with Gasteiger partial charge in [-0.25, -0.2) is 19.5 Å². The van der Waals surface area contributed by atoms with Gasteiger partial charge in [0.05, 0.1) is 36.3 Å². The number of unbranched alkanes of at least 4 members (excludes halogenated alkanes) is 2. The average Bonchev–Trinajstić information content (AvgIpc) is 2.98. The summed E-state index contributed by atoms with van der Waals surface area (Å²) in [6.07, 6.45) is 7.76. The lowest BCUT2D eigenvalue weighted by Crippen LogP contribution is -2.29. The van der Waals surface area contributed by atoms with E-state index < -0.39 is 0 Å². The topological polar surface area (TPSA) is 137 Å². The highest BCUT2D eigenvalue weighted by Gasteiger charge is 2.18. The fraction of sp³-hybridized carbons (Fsp3) is 0.312. The smallest absolute Gasteiger partial charge is 0.264 e. The second-order valence-corrected chi connectivity index (χ2v) is 9.85. The Morgan fingerprint density at radius 2 is 1.78 bits per heavy atom. The first-order valence-corrected chi connectivity index (χ1v) is 13.8. The molecular formula is C32H34N6O3. The molecule has 0 saturated heterocycles. The van der Waals surface area contributed by atoms with Gasteiger partial charge in [-0.1, -0.05) is 55.8 Å². The molecule has 0 aliphatic rings. The van der Waals surface area contributed by atoms with E-state index in [1.807, 2.05) is 42.5 Å². The highest BCUT2D eigenvalue weighted by Crippen LogP contribution is 2.24. The molecule has 2 aromatic heterocycles. The highest BCUT2D eigenvalue weighted by molar-refractivity contribution is 5.73. The monoisotopic (exact) mass is 550 g/mol. The number of carbonyl (C=O) groups is 1. The number of amides is 1. The summed E-state index contributed by atoms with van der Waals surface area (Å²) in [5.74, 6) is 0.899. The lowest BCUT2D eigenvalue weighted by Gasteiger charge is -2.15. The predicted molar refractivity (Wildman–Crippen MR) is 157 cm³/mol. The van der Waals surface area contributed by atoms with Crippen molar-refractivity contribution in [3.63, 3.8) is 0 Å². The van der Waals surface area contributed by atoms with Crippen LogP contribution in [0.1, 0.15) is 67.2 Å². The van der Waals surface area contributed by atoms with Gasteiger partial charge < -0.3 is 10.5 Å². The van der Waals surface area contributed by atoms with Crippen LogP contribution in [0.25, 0.3) is 17.1 Å². The van der Waals surface area contributed by atoms with Gasteiger partial charge in [-0.3, -0.25) is 9.59 Å². The van der Waals surface area contributed by atoms with Crippen LogP contribution in [0, 0.1) is 18.3 Å². The number of nitrogens with two attached hydrogens (primary N) is 1. The van der Waals surface area contributed by atoms with Gasteiger partial charge in [0.2, 0.25) is 11.9 Å². The van der Waals surface area contributed by atoms with E-state index in [4.69, 9.17) is 15.5 Å². The first-order chi connectivity index (χ1) is 19.9. The summed E-state index contributed by atoms with van der Waals surface area (Å²) in [6, 6.07) is 17.7. The van der Waals surface area contributed by atoms with Crippen LogP contribution >= 0.6 is 0 Å². The molecule has 0 fully saturated rings. The van der Waals surface area contributed by atoms with Crippen LogP contribution in [0.4, 0.5) is 0 Å². The molecule has 4 aromatic rings. The second kappa shape index (κ2) is 14.0. The standard InChI is InChI=1S/C32H34N6O3/c1-3-4-11-29-28(18-23-13-15-24(16-14-23)27-10-6-5-9-25(27)19-33)31(40)38(22(2)37-29)32-35-20-26(21-36-32)41-17-8-7-12-30(34)39/h5-6,9-10,13-16,20-21H,3-4,7-8,11-12,17-18H2,1-2H3,(H2,34,39). The summed E-state index contributed by atoms with van der Waals surface area (Å²) in [7, 11) is 0. The first-order valence-electron chi connectivity index (χ1n) is 13.8. The number of aromatic nitrogens is 4. The summed E-state index contributed by atoms with van der Waals surface area (Å²) in [5.41, 5.74) is 9.79. The maximum absolute atomic E-state index is 13.9. The Balaban J connectivity index is 1.59. The zero-order chi connectivity index (χ0) is 29.2. The number of nitrogens with zero attached hydrogens (tertiary/aromatic N) is 5. The summed E-state index contributed by atoms with van der Waals surface area (Å²) < 4.78 is 7.11. The Kier molecular flexibility index (Phi) is 9.94. The zero-order valence-corrected chi connectivity index (χ0v) is 23.5. The molecule has 2 N–H and O–H groups in total. The third-order valence-corrected chi connectivity index (χ3v) is 6.79. The molecule has 4 rings (SSSR count). The molecule has 0 spiro atoms. The molecule has 2 aromatic carbocycles. The molecular weight excluding hydrogens is 516 g/mol. The lowest BCUT2D eigenvalue weighted by atomic mass is 9.97. The molecule has 0 bridgehead atoms. The molecule has 9 nitrogen and oxygen atoms in total. The number of ether oxygens (including phenoxy) is 1. The Morgan fingerprint density at radius 3 is 2.46 bits per heavy atom. The molecule has 1 amide bonds. The van der Waals surface area contributed by atoms with Crippen LogP contribution in [-0.2, 0) is 17.6 Å². The van der Waals surface area contributed by atoms with Gasteiger partial charge in [-0.2, -0.15) is 5.26 Å². The molecule has 0 unspecified atom stereocenters. The Labute approximate surface area is 239 Å². The second-order valence-electron chi connectivity index (χ2n) is 9.85. The van der Waals surface area contributed by atoms with Gasteiger partial charge in [-0.05, 0) is 55.4 Å². The van der Waals surface area contributed by atoms with Crippen molar-refractivity contribution in [3.05, 3.63) is 99.5 Å². The Hall–Kier alpha value is -4.84. The van der Waals surface area contributed by atoms with Crippen molar-refractivity contribution in [1.82, 2.24) is 19.5 Å². The number of benzene rings is 2. The largest absolute Gasteiger partial charge is 0.490 e. The third kappa shape index (κ3) is 7.42. The number of hydrogen-bond acceptors (Lipinski definition) is 7. The van der Waals surface area contributed by atoms with E-state index >= 15 is 0 Å². The van der Waals surface area contributed by atoms with Crippen molar-refractivity contribution in [2.24, 2.45) is 5.73 Å². The van der Waals surface area contributed by atoms with Crippen molar-refractivity contribution in [1.29, 1.82) is 5.26 Å². The van der Waals surface area contributed by atoms with E-state index in [1.165, 1.54) is 17.0 Å². The molecule has 0 atom stereocenters. The Morgan fingerprint density at radius 1 is 1.05 bits per heavy atom. The van der Waals surface area contributed by atoms with Crippen LogP contribution in [0.5, 0.6) is 5.75 Å². The Bertz CT molecular complexity index is 1590. The van der Waals surface area contributed by atoms with Crippen LogP contribution < -0.4 is 16.0 Å². The minimum absolute atomic E-state index is 0.192. The van der Waals surface area contributed by atoms with E-state index in [0.717, 1.165) is 35.2 Å². The van der Waals surface area contributed by atoms with Crippen molar-refractivity contribution >= 4 is 5.91 Å². The van der Waals surface area contributed by atoms with Crippen LogP contribution in [0.15, 0.2) is 65.7 Å². The zero-order valence-electron chi connectivity index (χ0n) is 23.5. The summed E-state index contributed by atoms with van der Waals surface area (Å²) in [5, 5.41) is 9.47. The number of carbonyl (C=O) groups excluding carboxylic acids is 1. The molecule has 0 aliphatic carbocycles. The predicted octanol–water partition coefficient (Wildman–Crippen LogP) is 4.84. The molecule has 0 radical (unpaired) electrons. The maximum Gasteiger partial charge on any atom is 0.264 e. The van der Waals surface area contributed by atoms with Gasteiger partial charge >= 0.3 is 0 Å². The molecule has 41 heavy (non-hydrogen) atoms. The van der Waals surface area contributed by atoms with Crippen molar-refractivity contribution in [2.75, 3.05) is 6.61 Å². The van der Waals surface area contributed by atoms with Gasteiger partial charge in [0.1, 0.15) is 5.82 Å².